The number of aliphatic hydroxyl groups is 1. The van der Waals surface area contributed by atoms with Crippen LogP contribution >= 0.6 is 0 Å². The van der Waals surface area contributed by atoms with Crippen molar-refractivity contribution in [3.8, 4) is 0 Å². The van der Waals surface area contributed by atoms with Crippen molar-refractivity contribution >= 4 is 11.9 Å². The van der Waals surface area contributed by atoms with E-state index in [0.29, 0.717) is 13.0 Å². The largest absolute Gasteiger partial charge is 0.466 e. The van der Waals surface area contributed by atoms with E-state index < -0.39 is 24.5 Å². The third kappa shape index (κ3) is 5.85. The maximum atomic E-state index is 11.4. The molecular formula is C13H22O7. The van der Waals surface area contributed by atoms with Crippen molar-refractivity contribution in [3.05, 3.63) is 0 Å². The Morgan fingerprint density at radius 3 is 2.15 bits per heavy atom. The summed E-state index contributed by atoms with van der Waals surface area (Å²) >= 11 is 0. The molecule has 7 heteroatoms. The van der Waals surface area contributed by atoms with Gasteiger partial charge in [0.15, 0.2) is 6.29 Å². The number of carbonyl (C=O) groups is 2. The van der Waals surface area contributed by atoms with Gasteiger partial charge in [0.05, 0.1) is 44.9 Å². The number of hydrogen-bond donors (Lipinski definition) is 1. The molecule has 1 fully saturated rings. The van der Waals surface area contributed by atoms with Crippen LogP contribution in [0.1, 0.15) is 33.1 Å². The predicted octanol–water partition coefficient (Wildman–Crippen LogP) is 0.385. The average Bonchev–Trinajstić information content (AvgIpc) is 2.38. The van der Waals surface area contributed by atoms with Crippen LogP contribution in [0.15, 0.2) is 0 Å². The number of rotatable bonds is 7. The van der Waals surface area contributed by atoms with Crippen LogP contribution in [0.2, 0.25) is 0 Å². The molecule has 1 aliphatic heterocycles. The van der Waals surface area contributed by atoms with Gasteiger partial charge in [0.1, 0.15) is 0 Å². The van der Waals surface area contributed by atoms with Crippen molar-refractivity contribution in [1.29, 1.82) is 0 Å². The molecule has 7 nitrogen and oxygen atoms in total. The number of aliphatic hydroxyl groups excluding tert-OH is 1. The van der Waals surface area contributed by atoms with E-state index in [1.165, 1.54) is 0 Å². The Hall–Kier alpha value is -1.18. The van der Waals surface area contributed by atoms with E-state index >= 15 is 0 Å². The zero-order chi connectivity index (χ0) is 15.0. The van der Waals surface area contributed by atoms with Gasteiger partial charge in [0, 0.05) is 6.42 Å². The maximum absolute atomic E-state index is 11.4. The Bertz CT molecular complexity index is 290. The molecule has 0 aromatic carbocycles. The Morgan fingerprint density at radius 1 is 1.05 bits per heavy atom. The normalized spacial score (nSPS) is 26.1. The molecule has 1 aliphatic rings. The van der Waals surface area contributed by atoms with Crippen molar-refractivity contribution in [2.45, 2.75) is 51.6 Å². The molecule has 3 atom stereocenters. The van der Waals surface area contributed by atoms with Crippen LogP contribution in [0.3, 0.4) is 0 Å². The topological polar surface area (TPSA) is 91.3 Å². The second-order valence-electron chi connectivity index (χ2n) is 4.38. The zero-order valence-electron chi connectivity index (χ0n) is 11.9. The molecule has 0 amide bonds. The molecule has 0 bridgehead atoms. The standard InChI is InChI=1S/C13H22O7/c1-3-17-11(15)6-9-5-10(8-14)20-13(19-9)7-12(16)18-4-2/h9-10,13-14H,3-8H2,1-2H3/t9-,10+,13?/m1/s1. The third-order valence-corrected chi connectivity index (χ3v) is 2.76. The molecular weight excluding hydrogens is 268 g/mol. The molecule has 1 saturated heterocycles. The van der Waals surface area contributed by atoms with Crippen LogP contribution in [-0.4, -0.2) is 55.4 Å². The van der Waals surface area contributed by atoms with Crippen LogP contribution in [0.4, 0.5) is 0 Å². The van der Waals surface area contributed by atoms with Gasteiger partial charge in [-0.15, -0.1) is 0 Å². The Balaban J connectivity index is 2.50. The summed E-state index contributed by atoms with van der Waals surface area (Å²) < 4.78 is 20.6. The molecule has 1 rings (SSSR count). The molecule has 0 spiro atoms. The second kappa shape index (κ2) is 8.89. The van der Waals surface area contributed by atoms with E-state index in [2.05, 4.69) is 0 Å². The molecule has 0 aliphatic carbocycles. The first-order valence-electron chi connectivity index (χ1n) is 6.82. The van der Waals surface area contributed by atoms with Crippen molar-refractivity contribution in [2.24, 2.45) is 0 Å². The smallest absolute Gasteiger partial charge is 0.310 e. The molecule has 116 valence electrons. The number of ether oxygens (including phenoxy) is 4. The van der Waals surface area contributed by atoms with Gasteiger partial charge < -0.3 is 24.1 Å². The van der Waals surface area contributed by atoms with Gasteiger partial charge in [-0.1, -0.05) is 0 Å². The Morgan fingerprint density at radius 2 is 1.60 bits per heavy atom. The van der Waals surface area contributed by atoms with Crippen LogP contribution in [0.5, 0.6) is 0 Å². The fourth-order valence-electron chi connectivity index (χ4n) is 1.97. The minimum Gasteiger partial charge on any atom is -0.466 e. The first kappa shape index (κ1) is 16.9. The molecule has 0 radical (unpaired) electrons. The highest BCUT2D eigenvalue weighted by atomic mass is 16.7. The molecule has 0 saturated carbocycles. The molecule has 0 aromatic heterocycles. The molecule has 1 heterocycles. The average molecular weight is 290 g/mol. The summed E-state index contributed by atoms with van der Waals surface area (Å²) in [6, 6.07) is 0. The summed E-state index contributed by atoms with van der Waals surface area (Å²) in [6.45, 7) is 3.82. The quantitative estimate of drug-likeness (QED) is 0.678. The lowest BCUT2D eigenvalue weighted by molar-refractivity contribution is -0.252. The third-order valence-electron chi connectivity index (χ3n) is 2.76. The van der Waals surface area contributed by atoms with Crippen LogP contribution < -0.4 is 0 Å². The summed E-state index contributed by atoms with van der Waals surface area (Å²) in [4.78, 5) is 22.8. The molecule has 0 aromatic rings. The van der Waals surface area contributed by atoms with Gasteiger partial charge >= 0.3 is 11.9 Å². The van der Waals surface area contributed by atoms with Gasteiger partial charge in [-0.2, -0.15) is 0 Å². The summed E-state index contributed by atoms with van der Waals surface area (Å²) in [5, 5.41) is 9.19. The lowest BCUT2D eigenvalue weighted by atomic mass is 10.1. The van der Waals surface area contributed by atoms with Gasteiger partial charge in [0.2, 0.25) is 0 Å². The van der Waals surface area contributed by atoms with E-state index in [4.69, 9.17) is 18.9 Å². The molecule has 1 N–H and O–H groups in total. The van der Waals surface area contributed by atoms with E-state index in [1.807, 2.05) is 0 Å². The van der Waals surface area contributed by atoms with Crippen LogP contribution in [-0.2, 0) is 28.5 Å². The van der Waals surface area contributed by atoms with Gasteiger partial charge in [-0.05, 0) is 13.8 Å². The minimum atomic E-state index is -0.806. The SMILES string of the molecule is CCOC(=O)CC1O[C@H](CO)C[C@H](CC(=O)OCC)O1. The Kier molecular flexibility index (Phi) is 7.50. The number of hydrogen-bond acceptors (Lipinski definition) is 7. The first-order chi connectivity index (χ1) is 9.58. The van der Waals surface area contributed by atoms with Crippen molar-refractivity contribution in [2.75, 3.05) is 19.8 Å². The van der Waals surface area contributed by atoms with E-state index in [9.17, 15) is 14.7 Å². The van der Waals surface area contributed by atoms with Crippen LogP contribution in [0, 0.1) is 0 Å². The monoisotopic (exact) mass is 290 g/mol. The second-order valence-corrected chi connectivity index (χ2v) is 4.38. The summed E-state index contributed by atoms with van der Waals surface area (Å²) in [5.41, 5.74) is 0. The molecule has 1 unspecified atom stereocenters. The lowest BCUT2D eigenvalue weighted by Crippen LogP contribution is -2.42. The fourth-order valence-corrected chi connectivity index (χ4v) is 1.97. The predicted molar refractivity (Wildman–Crippen MR) is 67.7 cm³/mol. The lowest BCUT2D eigenvalue weighted by Gasteiger charge is -2.34. The van der Waals surface area contributed by atoms with Crippen molar-refractivity contribution in [3.63, 3.8) is 0 Å². The number of carbonyl (C=O) groups excluding carboxylic acids is 2. The van der Waals surface area contributed by atoms with Crippen LogP contribution in [0.25, 0.3) is 0 Å². The van der Waals surface area contributed by atoms with Crippen molar-refractivity contribution in [1.82, 2.24) is 0 Å². The Labute approximate surface area is 118 Å². The van der Waals surface area contributed by atoms with Gasteiger partial charge in [-0.25, -0.2) is 0 Å². The highest BCUT2D eigenvalue weighted by molar-refractivity contribution is 5.70. The van der Waals surface area contributed by atoms with Gasteiger partial charge in [-0.3, -0.25) is 9.59 Å². The highest BCUT2D eigenvalue weighted by Crippen LogP contribution is 2.23. The summed E-state index contributed by atoms with van der Waals surface area (Å²) in [5.74, 6) is -0.808. The first-order valence-corrected chi connectivity index (χ1v) is 6.82. The van der Waals surface area contributed by atoms with E-state index in [0.717, 1.165) is 0 Å². The number of esters is 2. The van der Waals surface area contributed by atoms with Gasteiger partial charge in [0.25, 0.3) is 0 Å². The van der Waals surface area contributed by atoms with Crippen molar-refractivity contribution < 1.29 is 33.6 Å². The summed E-state index contributed by atoms with van der Waals surface area (Å²) in [7, 11) is 0. The fraction of sp³-hybridized carbons (Fsp3) is 0.846. The maximum Gasteiger partial charge on any atom is 0.310 e. The zero-order valence-corrected chi connectivity index (χ0v) is 11.9. The molecule has 20 heavy (non-hydrogen) atoms. The van der Waals surface area contributed by atoms with E-state index in [1.54, 1.807) is 13.8 Å². The minimum absolute atomic E-state index is 0.0658. The summed E-state index contributed by atoms with van der Waals surface area (Å²) in [6.07, 6.45) is -1.30. The highest BCUT2D eigenvalue weighted by Gasteiger charge is 2.32. The van der Waals surface area contributed by atoms with E-state index in [-0.39, 0.29) is 32.0 Å².